The maximum absolute atomic E-state index is 12.2. The summed E-state index contributed by atoms with van der Waals surface area (Å²) in [5.74, 6) is -4.42. The van der Waals surface area contributed by atoms with Crippen LogP contribution in [0.5, 0.6) is 0 Å². The Bertz CT molecular complexity index is 217. The molecule has 7 heteroatoms. The number of carbonyl (C=O) groups is 1. The highest BCUT2D eigenvalue weighted by atomic mass is 19.4. The summed E-state index contributed by atoms with van der Waals surface area (Å²) < 4.78 is 46.2. The van der Waals surface area contributed by atoms with Crippen molar-refractivity contribution in [1.29, 1.82) is 0 Å². The maximum atomic E-state index is 12.2. The van der Waals surface area contributed by atoms with E-state index in [-0.39, 0.29) is 6.61 Å². The van der Waals surface area contributed by atoms with Crippen molar-refractivity contribution < 1.29 is 32.5 Å². The van der Waals surface area contributed by atoms with E-state index in [0.29, 0.717) is 6.61 Å². The number of aliphatic carboxylic acids is 1. The van der Waals surface area contributed by atoms with Crippen molar-refractivity contribution in [2.75, 3.05) is 19.8 Å². The standard InChI is InChI=1S/C9H15F3O4/c1-3-15-4-6(2)16-5-7(8(13)14)9(10,11)12/h6-7H,3-5H2,1-2H3,(H,13,14). The number of hydrogen-bond acceptors (Lipinski definition) is 3. The summed E-state index contributed by atoms with van der Waals surface area (Å²) in [4.78, 5) is 10.3. The van der Waals surface area contributed by atoms with Crippen molar-refractivity contribution in [3.63, 3.8) is 0 Å². The van der Waals surface area contributed by atoms with Gasteiger partial charge in [-0.1, -0.05) is 0 Å². The zero-order valence-corrected chi connectivity index (χ0v) is 9.08. The van der Waals surface area contributed by atoms with Crippen LogP contribution in [0.25, 0.3) is 0 Å². The molecule has 96 valence electrons. The van der Waals surface area contributed by atoms with Crippen LogP contribution >= 0.6 is 0 Å². The van der Waals surface area contributed by atoms with Crippen LogP contribution in [0.3, 0.4) is 0 Å². The molecule has 0 bridgehead atoms. The minimum absolute atomic E-state index is 0.140. The molecular weight excluding hydrogens is 229 g/mol. The van der Waals surface area contributed by atoms with E-state index in [1.54, 1.807) is 6.92 Å². The highest BCUT2D eigenvalue weighted by Crippen LogP contribution is 2.26. The molecule has 4 nitrogen and oxygen atoms in total. The molecule has 0 rings (SSSR count). The first kappa shape index (κ1) is 15.2. The fourth-order valence-corrected chi connectivity index (χ4v) is 0.898. The number of carboxylic acids is 1. The molecule has 2 unspecified atom stereocenters. The van der Waals surface area contributed by atoms with Crippen molar-refractivity contribution in [3.05, 3.63) is 0 Å². The lowest BCUT2D eigenvalue weighted by Gasteiger charge is -2.19. The first-order valence-electron chi connectivity index (χ1n) is 4.77. The van der Waals surface area contributed by atoms with Crippen molar-refractivity contribution in [2.24, 2.45) is 5.92 Å². The Morgan fingerprint density at radius 2 is 1.94 bits per heavy atom. The van der Waals surface area contributed by atoms with Gasteiger partial charge in [0.15, 0.2) is 5.92 Å². The highest BCUT2D eigenvalue weighted by Gasteiger charge is 2.45. The van der Waals surface area contributed by atoms with E-state index >= 15 is 0 Å². The zero-order valence-electron chi connectivity index (χ0n) is 9.08. The van der Waals surface area contributed by atoms with Gasteiger partial charge in [0.2, 0.25) is 0 Å². The lowest BCUT2D eigenvalue weighted by atomic mass is 10.1. The average Bonchev–Trinajstić information content (AvgIpc) is 2.12. The molecule has 0 fully saturated rings. The van der Waals surface area contributed by atoms with Crippen LogP contribution < -0.4 is 0 Å². The van der Waals surface area contributed by atoms with E-state index in [1.807, 2.05) is 0 Å². The van der Waals surface area contributed by atoms with Gasteiger partial charge in [0.05, 0.1) is 19.3 Å². The monoisotopic (exact) mass is 244 g/mol. The summed E-state index contributed by atoms with van der Waals surface area (Å²) in [6.45, 7) is 2.93. The van der Waals surface area contributed by atoms with Crippen molar-refractivity contribution in [3.8, 4) is 0 Å². The Balaban J connectivity index is 4.08. The fraction of sp³-hybridized carbons (Fsp3) is 0.889. The summed E-state index contributed by atoms with van der Waals surface area (Å²) in [7, 11) is 0. The number of carboxylic acid groups (broad SMARTS) is 1. The number of hydrogen-bond donors (Lipinski definition) is 1. The molecule has 0 saturated carbocycles. The predicted octanol–water partition coefficient (Wildman–Crippen LogP) is 1.69. The van der Waals surface area contributed by atoms with Crippen LogP contribution in [0.1, 0.15) is 13.8 Å². The Labute approximate surface area is 91.3 Å². The molecule has 0 aromatic heterocycles. The van der Waals surface area contributed by atoms with Crippen LogP contribution in [-0.2, 0) is 14.3 Å². The van der Waals surface area contributed by atoms with Crippen LogP contribution in [0, 0.1) is 5.92 Å². The van der Waals surface area contributed by atoms with E-state index in [9.17, 15) is 18.0 Å². The quantitative estimate of drug-likeness (QED) is 0.740. The summed E-state index contributed by atoms with van der Waals surface area (Å²) >= 11 is 0. The number of alkyl halides is 3. The van der Waals surface area contributed by atoms with Gasteiger partial charge in [0.25, 0.3) is 0 Å². The molecule has 0 aliphatic rings. The van der Waals surface area contributed by atoms with Gasteiger partial charge in [-0.15, -0.1) is 0 Å². The molecule has 16 heavy (non-hydrogen) atoms. The van der Waals surface area contributed by atoms with Crippen molar-refractivity contribution in [2.45, 2.75) is 26.1 Å². The van der Waals surface area contributed by atoms with Gasteiger partial charge in [-0.3, -0.25) is 4.79 Å². The van der Waals surface area contributed by atoms with Gasteiger partial charge in [0, 0.05) is 6.61 Å². The zero-order chi connectivity index (χ0) is 12.8. The van der Waals surface area contributed by atoms with Gasteiger partial charge in [-0.25, -0.2) is 0 Å². The minimum atomic E-state index is -4.79. The SMILES string of the molecule is CCOCC(C)OCC(C(=O)O)C(F)(F)F. The first-order valence-corrected chi connectivity index (χ1v) is 4.77. The number of rotatable bonds is 7. The van der Waals surface area contributed by atoms with Crippen molar-refractivity contribution in [1.82, 2.24) is 0 Å². The number of ether oxygens (including phenoxy) is 2. The molecule has 0 heterocycles. The third-order valence-corrected chi connectivity index (χ3v) is 1.80. The molecule has 0 spiro atoms. The van der Waals surface area contributed by atoms with Gasteiger partial charge in [0.1, 0.15) is 0 Å². The molecule has 0 aliphatic heterocycles. The molecule has 1 N–H and O–H groups in total. The third kappa shape index (κ3) is 5.92. The largest absolute Gasteiger partial charge is 0.481 e. The summed E-state index contributed by atoms with van der Waals surface area (Å²) in [6, 6.07) is 0. The van der Waals surface area contributed by atoms with E-state index in [4.69, 9.17) is 14.6 Å². The van der Waals surface area contributed by atoms with E-state index in [0.717, 1.165) is 0 Å². The van der Waals surface area contributed by atoms with E-state index in [1.165, 1.54) is 6.92 Å². The van der Waals surface area contributed by atoms with Crippen LogP contribution in [0.15, 0.2) is 0 Å². The topological polar surface area (TPSA) is 55.8 Å². The molecule has 0 amide bonds. The van der Waals surface area contributed by atoms with Gasteiger partial charge < -0.3 is 14.6 Å². The Morgan fingerprint density at radius 3 is 2.31 bits per heavy atom. The Hall–Kier alpha value is -0.820. The highest BCUT2D eigenvalue weighted by molar-refractivity contribution is 5.71. The van der Waals surface area contributed by atoms with Crippen LogP contribution in [0.4, 0.5) is 13.2 Å². The smallest absolute Gasteiger partial charge is 0.404 e. The predicted molar refractivity (Wildman–Crippen MR) is 49.1 cm³/mol. The van der Waals surface area contributed by atoms with E-state index in [2.05, 4.69) is 0 Å². The van der Waals surface area contributed by atoms with Crippen LogP contribution in [0.2, 0.25) is 0 Å². The molecule has 0 saturated heterocycles. The van der Waals surface area contributed by atoms with Crippen molar-refractivity contribution >= 4 is 5.97 Å². The molecule has 2 atom stereocenters. The second-order valence-corrected chi connectivity index (χ2v) is 3.24. The van der Waals surface area contributed by atoms with Gasteiger partial charge in [-0.05, 0) is 13.8 Å². The maximum Gasteiger partial charge on any atom is 0.404 e. The molecule has 0 radical (unpaired) electrons. The Kier molecular flexibility index (Phi) is 6.35. The van der Waals surface area contributed by atoms with E-state index < -0.39 is 30.8 Å². The molecular formula is C9H15F3O4. The average molecular weight is 244 g/mol. The summed E-state index contributed by atoms with van der Waals surface area (Å²) in [6.07, 6.45) is -5.36. The lowest BCUT2D eigenvalue weighted by molar-refractivity contribution is -0.206. The molecule has 0 aromatic carbocycles. The fourth-order valence-electron chi connectivity index (χ4n) is 0.898. The molecule has 0 aliphatic carbocycles. The second-order valence-electron chi connectivity index (χ2n) is 3.24. The minimum Gasteiger partial charge on any atom is -0.481 e. The lowest BCUT2D eigenvalue weighted by Crippen LogP contribution is -2.36. The molecule has 0 aromatic rings. The van der Waals surface area contributed by atoms with Gasteiger partial charge in [-0.2, -0.15) is 13.2 Å². The van der Waals surface area contributed by atoms with Crippen LogP contribution in [-0.4, -0.2) is 43.2 Å². The third-order valence-electron chi connectivity index (χ3n) is 1.80. The normalized spacial score (nSPS) is 15.8. The number of halogens is 3. The summed E-state index contributed by atoms with van der Waals surface area (Å²) in [5, 5.41) is 8.37. The first-order chi connectivity index (χ1) is 7.29. The summed E-state index contributed by atoms with van der Waals surface area (Å²) in [5.41, 5.74) is 0. The van der Waals surface area contributed by atoms with Gasteiger partial charge >= 0.3 is 12.1 Å². The Morgan fingerprint density at radius 1 is 1.38 bits per heavy atom. The second kappa shape index (κ2) is 6.70.